The fourth-order valence-electron chi connectivity index (χ4n) is 2.62. The molecule has 0 spiro atoms. The lowest BCUT2D eigenvalue weighted by Crippen LogP contribution is -2.22. The van der Waals surface area contributed by atoms with Crippen LogP contribution in [0.5, 0.6) is 0 Å². The zero-order valence-electron chi connectivity index (χ0n) is 9.72. The highest BCUT2D eigenvalue weighted by Gasteiger charge is 2.25. The van der Waals surface area contributed by atoms with Gasteiger partial charge in [-0.05, 0) is 51.6 Å². The third-order valence-electron chi connectivity index (χ3n) is 3.35. The van der Waals surface area contributed by atoms with Crippen molar-refractivity contribution in [1.29, 1.82) is 0 Å². The van der Waals surface area contributed by atoms with Crippen molar-refractivity contribution in [2.24, 2.45) is 11.8 Å². The summed E-state index contributed by atoms with van der Waals surface area (Å²) in [6.07, 6.45) is 6.93. The van der Waals surface area contributed by atoms with E-state index in [2.05, 4.69) is 19.3 Å². The van der Waals surface area contributed by atoms with Gasteiger partial charge in [0.25, 0.3) is 0 Å². The quantitative estimate of drug-likeness (QED) is 0.636. The second-order valence-corrected chi connectivity index (χ2v) is 4.35. The zero-order chi connectivity index (χ0) is 10.2. The van der Waals surface area contributed by atoms with Crippen LogP contribution in [0.1, 0.15) is 39.0 Å². The highest BCUT2D eigenvalue weighted by atomic mass is 16.5. The molecule has 1 N–H and O–H groups in total. The summed E-state index contributed by atoms with van der Waals surface area (Å²) in [4.78, 5) is 0. The van der Waals surface area contributed by atoms with Crippen LogP contribution in [-0.4, -0.2) is 26.8 Å². The van der Waals surface area contributed by atoms with E-state index in [1.165, 1.54) is 38.6 Å². The maximum Gasteiger partial charge on any atom is 0.0465 e. The highest BCUT2D eigenvalue weighted by molar-refractivity contribution is 4.78. The summed E-state index contributed by atoms with van der Waals surface area (Å²) in [5, 5.41) is 3.31. The molecule has 1 aliphatic carbocycles. The molecule has 1 rings (SSSR count). The number of nitrogens with one attached hydrogen (secondary N) is 1. The Balaban J connectivity index is 2.09. The summed E-state index contributed by atoms with van der Waals surface area (Å²) in [6.45, 7) is 5.10. The van der Waals surface area contributed by atoms with E-state index in [9.17, 15) is 0 Å². The van der Waals surface area contributed by atoms with Crippen molar-refractivity contribution in [3.05, 3.63) is 0 Å². The first-order valence-electron chi connectivity index (χ1n) is 6.10. The zero-order valence-corrected chi connectivity index (χ0v) is 9.72. The van der Waals surface area contributed by atoms with Crippen molar-refractivity contribution in [2.45, 2.75) is 39.0 Å². The molecular formula is C12H25NO. The minimum atomic E-state index is 0.866. The Morgan fingerprint density at radius 2 is 2.07 bits per heavy atom. The second kappa shape index (κ2) is 7.24. The molecule has 0 aromatic heterocycles. The lowest BCUT2D eigenvalue weighted by molar-refractivity contribution is 0.137. The first kappa shape index (κ1) is 12.0. The molecule has 1 aliphatic rings. The third kappa shape index (κ3) is 3.97. The Morgan fingerprint density at radius 3 is 2.79 bits per heavy atom. The van der Waals surface area contributed by atoms with Gasteiger partial charge in [0.2, 0.25) is 0 Å². The van der Waals surface area contributed by atoms with Crippen LogP contribution in [-0.2, 0) is 4.74 Å². The summed E-state index contributed by atoms with van der Waals surface area (Å²) < 4.78 is 5.37. The molecule has 0 aromatic rings. The molecule has 2 unspecified atom stereocenters. The summed E-state index contributed by atoms with van der Waals surface area (Å²) in [5.74, 6) is 1.89. The lowest BCUT2D eigenvalue weighted by atomic mass is 9.92. The van der Waals surface area contributed by atoms with Gasteiger partial charge in [-0.3, -0.25) is 0 Å². The van der Waals surface area contributed by atoms with Crippen LogP contribution in [0.15, 0.2) is 0 Å². The van der Waals surface area contributed by atoms with E-state index in [1.807, 2.05) is 0 Å². The maximum atomic E-state index is 5.37. The number of hydrogen-bond donors (Lipinski definition) is 1. The molecule has 0 aliphatic heterocycles. The van der Waals surface area contributed by atoms with Crippen LogP contribution >= 0.6 is 0 Å². The van der Waals surface area contributed by atoms with Gasteiger partial charge in [-0.1, -0.05) is 12.8 Å². The summed E-state index contributed by atoms with van der Waals surface area (Å²) >= 11 is 0. The van der Waals surface area contributed by atoms with Crippen molar-refractivity contribution >= 4 is 0 Å². The first-order valence-corrected chi connectivity index (χ1v) is 6.10. The molecule has 2 heteroatoms. The van der Waals surface area contributed by atoms with Gasteiger partial charge in [0.1, 0.15) is 0 Å². The summed E-state index contributed by atoms with van der Waals surface area (Å²) in [6, 6.07) is 0. The normalized spacial score (nSPS) is 27.0. The molecule has 2 nitrogen and oxygen atoms in total. The molecule has 84 valence electrons. The monoisotopic (exact) mass is 199 g/mol. The van der Waals surface area contributed by atoms with Gasteiger partial charge >= 0.3 is 0 Å². The molecule has 14 heavy (non-hydrogen) atoms. The van der Waals surface area contributed by atoms with E-state index in [0.29, 0.717) is 0 Å². The van der Waals surface area contributed by atoms with Crippen molar-refractivity contribution in [2.75, 3.05) is 26.8 Å². The fraction of sp³-hybridized carbons (Fsp3) is 1.00. The third-order valence-corrected chi connectivity index (χ3v) is 3.35. The van der Waals surface area contributed by atoms with Crippen molar-refractivity contribution < 1.29 is 4.74 Å². The van der Waals surface area contributed by atoms with Crippen LogP contribution in [0, 0.1) is 11.8 Å². The average Bonchev–Trinajstić information content (AvgIpc) is 2.61. The molecule has 0 radical (unpaired) electrons. The van der Waals surface area contributed by atoms with Gasteiger partial charge < -0.3 is 10.1 Å². The van der Waals surface area contributed by atoms with Crippen LogP contribution < -0.4 is 5.32 Å². The smallest absolute Gasteiger partial charge is 0.0465 e. The minimum absolute atomic E-state index is 0.866. The Bertz CT molecular complexity index is 138. The average molecular weight is 199 g/mol. The van der Waals surface area contributed by atoms with E-state index in [4.69, 9.17) is 4.74 Å². The van der Waals surface area contributed by atoms with Crippen molar-refractivity contribution in [1.82, 2.24) is 5.32 Å². The van der Waals surface area contributed by atoms with Crippen LogP contribution in [0.4, 0.5) is 0 Å². The Hall–Kier alpha value is -0.0800. The van der Waals surface area contributed by atoms with E-state index in [1.54, 1.807) is 0 Å². The Labute approximate surface area is 88.4 Å². The second-order valence-electron chi connectivity index (χ2n) is 4.35. The van der Waals surface area contributed by atoms with Gasteiger partial charge in [-0.25, -0.2) is 0 Å². The fourth-order valence-corrected chi connectivity index (χ4v) is 2.62. The Kier molecular flexibility index (Phi) is 6.20. The molecule has 2 atom stereocenters. The Morgan fingerprint density at radius 1 is 1.29 bits per heavy atom. The van der Waals surface area contributed by atoms with Gasteiger partial charge in [0.05, 0.1) is 0 Å². The summed E-state index contributed by atoms with van der Waals surface area (Å²) in [5.41, 5.74) is 0. The van der Waals surface area contributed by atoms with Crippen LogP contribution in [0.2, 0.25) is 0 Å². The number of hydrogen-bond acceptors (Lipinski definition) is 2. The molecule has 1 fully saturated rings. The van der Waals surface area contributed by atoms with E-state index in [0.717, 1.165) is 25.0 Å². The largest absolute Gasteiger partial charge is 0.382 e. The summed E-state index contributed by atoms with van der Waals surface area (Å²) in [7, 11) is 2.07. The molecule has 0 aromatic carbocycles. The molecule has 0 amide bonds. The van der Waals surface area contributed by atoms with E-state index >= 15 is 0 Å². The SMILES string of the molecule is CCOCCCC1CCCC1CNC. The van der Waals surface area contributed by atoms with Crippen molar-refractivity contribution in [3.8, 4) is 0 Å². The van der Waals surface area contributed by atoms with Gasteiger partial charge in [0, 0.05) is 13.2 Å². The number of ether oxygens (including phenoxy) is 1. The highest BCUT2D eigenvalue weighted by Crippen LogP contribution is 2.34. The molecule has 0 saturated heterocycles. The van der Waals surface area contributed by atoms with Crippen LogP contribution in [0.3, 0.4) is 0 Å². The van der Waals surface area contributed by atoms with Gasteiger partial charge in [-0.15, -0.1) is 0 Å². The van der Waals surface area contributed by atoms with Crippen molar-refractivity contribution in [3.63, 3.8) is 0 Å². The topological polar surface area (TPSA) is 21.3 Å². The first-order chi connectivity index (χ1) is 6.88. The van der Waals surface area contributed by atoms with E-state index < -0.39 is 0 Å². The molecule has 0 bridgehead atoms. The van der Waals surface area contributed by atoms with E-state index in [-0.39, 0.29) is 0 Å². The minimum Gasteiger partial charge on any atom is -0.382 e. The maximum absolute atomic E-state index is 5.37. The molecule has 1 saturated carbocycles. The molecule has 0 heterocycles. The van der Waals surface area contributed by atoms with Crippen LogP contribution in [0.25, 0.3) is 0 Å². The van der Waals surface area contributed by atoms with Gasteiger partial charge in [0.15, 0.2) is 0 Å². The standard InChI is InChI=1S/C12H25NO/c1-3-14-9-5-8-11-6-4-7-12(11)10-13-2/h11-13H,3-10H2,1-2H3. The predicted octanol–water partition coefficient (Wildman–Crippen LogP) is 2.44. The number of rotatable bonds is 7. The van der Waals surface area contributed by atoms with Gasteiger partial charge in [-0.2, -0.15) is 0 Å². The molecular weight excluding hydrogens is 174 g/mol. The predicted molar refractivity (Wildman–Crippen MR) is 60.5 cm³/mol. The lowest BCUT2D eigenvalue weighted by Gasteiger charge is -2.18.